The molecule has 7 heteroatoms. The summed E-state index contributed by atoms with van der Waals surface area (Å²) in [7, 11) is 3.25. The van der Waals surface area contributed by atoms with Crippen molar-refractivity contribution in [3.8, 4) is 11.5 Å². The zero-order valence-electron chi connectivity index (χ0n) is 15.9. The molecule has 144 valence electrons. The highest BCUT2D eigenvalue weighted by Crippen LogP contribution is 2.29. The zero-order chi connectivity index (χ0) is 19.8. The summed E-state index contributed by atoms with van der Waals surface area (Å²) in [5.74, 6) is 1.15. The van der Waals surface area contributed by atoms with Crippen molar-refractivity contribution in [3.63, 3.8) is 0 Å². The molecule has 0 radical (unpaired) electrons. The van der Waals surface area contributed by atoms with Gasteiger partial charge in [-0.3, -0.25) is 0 Å². The van der Waals surface area contributed by atoms with E-state index in [4.69, 9.17) is 26.4 Å². The minimum atomic E-state index is -0.344. The second-order valence-corrected chi connectivity index (χ2v) is 6.13. The minimum Gasteiger partial charge on any atom is -0.497 e. The molecule has 27 heavy (non-hydrogen) atoms. The number of rotatable bonds is 7. The van der Waals surface area contributed by atoms with E-state index in [2.05, 4.69) is 10.6 Å². The molecule has 0 aromatic heterocycles. The Balaban J connectivity index is 2.02. The molecule has 0 fully saturated rings. The van der Waals surface area contributed by atoms with E-state index in [9.17, 15) is 4.79 Å². The lowest BCUT2D eigenvalue weighted by Gasteiger charge is -2.20. The molecule has 0 spiro atoms. The fourth-order valence-electron chi connectivity index (χ4n) is 2.52. The number of hydrogen-bond donors (Lipinski definition) is 2. The first-order chi connectivity index (χ1) is 13.0. The fraction of sp³-hybridized carbons (Fsp3) is 0.300. The minimum absolute atomic E-state index is 0.103. The van der Waals surface area contributed by atoms with E-state index in [-0.39, 0.29) is 12.0 Å². The van der Waals surface area contributed by atoms with Crippen LogP contribution < -0.4 is 20.1 Å². The number of nitrogens with one attached hydrogen (secondary N) is 2. The van der Waals surface area contributed by atoms with Crippen LogP contribution in [0.25, 0.3) is 0 Å². The van der Waals surface area contributed by atoms with Crippen LogP contribution in [0.15, 0.2) is 42.5 Å². The summed E-state index contributed by atoms with van der Waals surface area (Å²) < 4.78 is 15.7. The maximum Gasteiger partial charge on any atom is 0.338 e. The third kappa shape index (κ3) is 5.59. The van der Waals surface area contributed by atoms with Gasteiger partial charge >= 0.3 is 5.97 Å². The average Bonchev–Trinajstić information content (AvgIpc) is 2.68. The molecule has 1 atom stereocenters. The summed E-state index contributed by atoms with van der Waals surface area (Å²) in [5, 5.41) is 6.78. The normalized spacial score (nSPS) is 11.3. The van der Waals surface area contributed by atoms with Gasteiger partial charge in [-0.05, 0) is 68.5 Å². The van der Waals surface area contributed by atoms with Crippen molar-refractivity contribution < 1.29 is 19.0 Å². The number of anilines is 1. The van der Waals surface area contributed by atoms with Crippen LogP contribution in [0.4, 0.5) is 5.69 Å². The van der Waals surface area contributed by atoms with Crippen molar-refractivity contribution in [1.29, 1.82) is 0 Å². The van der Waals surface area contributed by atoms with E-state index in [1.807, 2.05) is 25.1 Å². The van der Waals surface area contributed by atoms with E-state index in [0.717, 1.165) is 22.7 Å². The first-order valence-corrected chi connectivity index (χ1v) is 8.96. The van der Waals surface area contributed by atoms with Crippen molar-refractivity contribution in [1.82, 2.24) is 5.32 Å². The zero-order valence-corrected chi connectivity index (χ0v) is 16.7. The Bertz CT molecular complexity index is 793. The van der Waals surface area contributed by atoms with Crippen LogP contribution in [0.2, 0.25) is 0 Å². The van der Waals surface area contributed by atoms with Gasteiger partial charge in [-0.15, -0.1) is 0 Å². The van der Waals surface area contributed by atoms with Crippen LogP contribution in [0, 0.1) is 0 Å². The molecule has 0 aliphatic carbocycles. The number of thiocarbonyl (C=S) groups is 1. The van der Waals surface area contributed by atoms with Crippen LogP contribution >= 0.6 is 12.2 Å². The summed E-state index contributed by atoms with van der Waals surface area (Å²) in [4.78, 5) is 11.7. The largest absolute Gasteiger partial charge is 0.497 e. The van der Waals surface area contributed by atoms with E-state index >= 15 is 0 Å². The smallest absolute Gasteiger partial charge is 0.338 e. The lowest BCUT2D eigenvalue weighted by Crippen LogP contribution is -2.31. The third-order valence-corrected chi connectivity index (χ3v) is 4.12. The molecule has 0 aliphatic heterocycles. The molecule has 6 nitrogen and oxygen atoms in total. The summed E-state index contributed by atoms with van der Waals surface area (Å²) in [5.41, 5.74) is 2.19. The molecule has 2 aromatic rings. The Morgan fingerprint density at radius 1 is 1.11 bits per heavy atom. The second-order valence-electron chi connectivity index (χ2n) is 5.73. The number of hydrogen-bond acceptors (Lipinski definition) is 5. The van der Waals surface area contributed by atoms with Crippen molar-refractivity contribution >= 4 is 29.0 Å². The van der Waals surface area contributed by atoms with Crippen LogP contribution in [0.1, 0.15) is 35.8 Å². The van der Waals surface area contributed by atoms with E-state index in [0.29, 0.717) is 17.3 Å². The van der Waals surface area contributed by atoms with E-state index in [1.165, 1.54) is 0 Å². The molecule has 0 amide bonds. The Kier molecular flexibility index (Phi) is 7.43. The summed E-state index contributed by atoms with van der Waals surface area (Å²) in [6, 6.07) is 12.4. The molecule has 0 heterocycles. The SMILES string of the molecule is CCOC(=O)c1ccc(NC(=S)N[C@H](C)c2cc(OC)ccc2OC)cc1. The lowest BCUT2D eigenvalue weighted by atomic mass is 10.1. The Morgan fingerprint density at radius 2 is 1.81 bits per heavy atom. The highest BCUT2D eigenvalue weighted by atomic mass is 32.1. The molecule has 0 bridgehead atoms. The van der Waals surface area contributed by atoms with Gasteiger partial charge in [0.05, 0.1) is 32.4 Å². The van der Waals surface area contributed by atoms with E-state index < -0.39 is 0 Å². The van der Waals surface area contributed by atoms with Crippen LogP contribution in [0.3, 0.4) is 0 Å². The second kappa shape index (κ2) is 9.78. The Morgan fingerprint density at radius 3 is 2.41 bits per heavy atom. The summed E-state index contributed by atoms with van der Waals surface area (Å²) in [6.45, 7) is 4.10. The van der Waals surface area contributed by atoms with Gasteiger partial charge in [-0.25, -0.2) is 4.79 Å². The molecule has 2 rings (SSSR count). The first-order valence-electron chi connectivity index (χ1n) is 8.55. The quantitative estimate of drug-likeness (QED) is 0.550. The number of benzene rings is 2. The highest BCUT2D eigenvalue weighted by Gasteiger charge is 2.14. The Hall–Kier alpha value is -2.80. The molecule has 0 saturated carbocycles. The molecule has 2 N–H and O–H groups in total. The average molecular weight is 388 g/mol. The monoisotopic (exact) mass is 388 g/mol. The van der Waals surface area contributed by atoms with Gasteiger partial charge < -0.3 is 24.8 Å². The number of esters is 1. The van der Waals surface area contributed by atoms with Gasteiger partial charge in [0.2, 0.25) is 0 Å². The molecule has 0 aliphatic rings. The van der Waals surface area contributed by atoms with Crippen molar-refractivity contribution in [2.24, 2.45) is 0 Å². The van der Waals surface area contributed by atoms with Crippen molar-refractivity contribution in [3.05, 3.63) is 53.6 Å². The predicted octanol–water partition coefficient (Wildman–Crippen LogP) is 3.93. The number of carbonyl (C=O) groups excluding carboxylic acids is 1. The van der Waals surface area contributed by atoms with Crippen molar-refractivity contribution in [2.45, 2.75) is 19.9 Å². The summed E-state index contributed by atoms with van der Waals surface area (Å²) in [6.07, 6.45) is 0. The van der Waals surface area contributed by atoms with Gasteiger partial charge in [0.15, 0.2) is 5.11 Å². The highest BCUT2D eigenvalue weighted by molar-refractivity contribution is 7.80. The molecular formula is C20H24N2O4S. The van der Waals surface area contributed by atoms with Gasteiger partial charge in [0, 0.05) is 11.3 Å². The lowest BCUT2D eigenvalue weighted by molar-refractivity contribution is 0.0526. The van der Waals surface area contributed by atoms with Crippen molar-refractivity contribution in [2.75, 3.05) is 26.1 Å². The molecule has 2 aromatic carbocycles. The predicted molar refractivity (Wildman–Crippen MR) is 110 cm³/mol. The molecular weight excluding hydrogens is 364 g/mol. The maximum atomic E-state index is 11.7. The third-order valence-electron chi connectivity index (χ3n) is 3.90. The van der Waals surface area contributed by atoms with Crippen LogP contribution in [0.5, 0.6) is 11.5 Å². The Labute approximate surface area is 164 Å². The first kappa shape index (κ1) is 20.5. The maximum absolute atomic E-state index is 11.7. The van der Waals surface area contributed by atoms with Gasteiger partial charge in [0.25, 0.3) is 0 Å². The topological polar surface area (TPSA) is 68.8 Å². The molecule has 0 saturated heterocycles. The van der Waals surface area contributed by atoms with Gasteiger partial charge in [-0.2, -0.15) is 0 Å². The number of carbonyl (C=O) groups is 1. The van der Waals surface area contributed by atoms with Gasteiger partial charge in [-0.1, -0.05) is 0 Å². The van der Waals surface area contributed by atoms with Gasteiger partial charge in [0.1, 0.15) is 11.5 Å². The standard InChI is InChI=1S/C20H24N2O4S/c1-5-26-19(23)14-6-8-15(9-7-14)22-20(27)21-13(2)17-12-16(24-3)10-11-18(17)25-4/h6-13H,5H2,1-4H3,(H2,21,22,27)/t13-/m1/s1. The van der Waals surface area contributed by atoms with Crippen LogP contribution in [-0.2, 0) is 4.74 Å². The van der Waals surface area contributed by atoms with E-state index in [1.54, 1.807) is 45.4 Å². The fourth-order valence-corrected chi connectivity index (χ4v) is 2.82. The number of methoxy groups -OCH3 is 2. The van der Waals surface area contributed by atoms with Crippen LogP contribution in [-0.4, -0.2) is 31.9 Å². The summed E-state index contributed by atoms with van der Waals surface area (Å²) >= 11 is 5.39. The molecule has 0 unspecified atom stereocenters. The number of ether oxygens (including phenoxy) is 3.